The molecule has 9 heavy (non-hydrogen) atoms. The first-order valence-corrected chi connectivity index (χ1v) is 3.36. The van der Waals surface area contributed by atoms with Crippen LogP contribution in [0.2, 0.25) is 0 Å². The number of nitrogens with zero attached hydrogens (tertiary/aromatic N) is 1. The van der Waals surface area contributed by atoms with Crippen molar-refractivity contribution in [1.29, 1.82) is 5.26 Å². The summed E-state index contributed by atoms with van der Waals surface area (Å²) >= 11 is 0. The Balaban J connectivity index is 3.07. The summed E-state index contributed by atoms with van der Waals surface area (Å²) in [5.74, 6) is 0. The fourth-order valence-electron chi connectivity index (χ4n) is 0.709. The zero-order valence-corrected chi connectivity index (χ0v) is 5.80. The third-order valence-electron chi connectivity index (χ3n) is 1.21. The maximum Gasteiger partial charge on any atom is 0.0622 e. The van der Waals surface area contributed by atoms with E-state index in [9.17, 15) is 0 Å². The topological polar surface area (TPSA) is 44.0 Å². The quantitative estimate of drug-likeness (QED) is 0.621. The molecule has 0 aliphatic carbocycles. The first-order valence-electron chi connectivity index (χ1n) is 3.36. The fourth-order valence-corrected chi connectivity index (χ4v) is 0.709. The van der Waals surface area contributed by atoms with Crippen LogP contribution in [0.1, 0.15) is 32.6 Å². The zero-order valence-electron chi connectivity index (χ0n) is 5.80. The van der Waals surface area contributed by atoms with Crippen LogP contribution in [0, 0.1) is 11.3 Å². The van der Waals surface area contributed by atoms with Gasteiger partial charge in [0.1, 0.15) is 0 Å². The number of rotatable bonds is 4. The highest BCUT2D eigenvalue weighted by Gasteiger charge is 1.99. The molecule has 0 spiro atoms. The molecule has 0 aromatic carbocycles. The van der Waals surface area contributed by atoms with Gasteiger partial charge in [-0.3, -0.25) is 0 Å². The first kappa shape index (κ1) is 8.45. The Kier molecular flexibility index (Phi) is 5.24. The molecule has 0 aliphatic heterocycles. The number of aliphatic hydroxyl groups is 1. The number of hydrogen-bond acceptors (Lipinski definition) is 2. The molecule has 0 saturated heterocycles. The minimum absolute atomic E-state index is 0.255. The molecule has 0 rings (SSSR count). The lowest BCUT2D eigenvalue weighted by atomic mass is 10.1. The summed E-state index contributed by atoms with van der Waals surface area (Å²) in [6.07, 6.45) is 2.66. The summed E-state index contributed by atoms with van der Waals surface area (Å²) in [4.78, 5) is 0. The average Bonchev–Trinajstić information content (AvgIpc) is 1.85. The minimum atomic E-state index is -0.255. The highest BCUT2D eigenvalue weighted by Crippen LogP contribution is 2.02. The van der Waals surface area contributed by atoms with E-state index in [0.29, 0.717) is 12.8 Å². The number of aliphatic hydroxyl groups excluding tert-OH is 1. The van der Waals surface area contributed by atoms with Crippen LogP contribution in [0.15, 0.2) is 0 Å². The minimum Gasteiger partial charge on any atom is -0.393 e. The van der Waals surface area contributed by atoms with E-state index in [1.54, 1.807) is 0 Å². The molecule has 1 atom stereocenters. The molecule has 0 fully saturated rings. The maximum absolute atomic E-state index is 9.03. The molecule has 0 saturated carbocycles. The van der Waals surface area contributed by atoms with Crippen LogP contribution in [0.4, 0.5) is 0 Å². The molecule has 0 radical (unpaired) electrons. The Hall–Kier alpha value is -0.550. The van der Waals surface area contributed by atoms with Crippen LogP contribution in [0.25, 0.3) is 0 Å². The van der Waals surface area contributed by atoms with Crippen LogP contribution in [0.3, 0.4) is 0 Å². The van der Waals surface area contributed by atoms with Gasteiger partial charge in [-0.25, -0.2) is 0 Å². The largest absolute Gasteiger partial charge is 0.393 e. The monoisotopic (exact) mass is 127 g/mol. The normalized spacial score (nSPS) is 12.6. The van der Waals surface area contributed by atoms with E-state index < -0.39 is 0 Å². The Morgan fingerprint density at radius 2 is 2.22 bits per heavy atom. The Morgan fingerprint density at radius 1 is 1.56 bits per heavy atom. The lowest BCUT2D eigenvalue weighted by Crippen LogP contribution is -2.04. The van der Waals surface area contributed by atoms with E-state index >= 15 is 0 Å². The molecule has 0 aromatic rings. The molecule has 1 N–H and O–H groups in total. The van der Waals surface area contributed by atoms with Crippen LogP contribution in [-0.4, -0.2) is 11.2 Å². The summed E-state index contributed by atoms with van der Waals surface area (Å²) in [5, 5.41) is 17.2. The Bertz CT molecular complexity index is 95.6. The van der Waals surface area contributed by atoms with Crippen molar-refractivity contribution in [2.45, 2.75) is 38.7 Å². The summed E-state index contributed by atoms with van der Waals surface area (Å²) in [6.45, 7) is 2.02. The van der Waals surface area contributed by atoms with Crippen LogP contribution in [-0.2, 0) is 0 Å². The SMILES string of the molecule is CCCC(O)CCC#N. The molecule has 2 heteroatoms. The second kappa shape index (κ2) is 5.58. The summed E-state index contributed by atoms with van der Waals surface area (Å²) in [6, 6.07) is 2.00. The standard InChI is InChI=1S/C7H13NO/c1-2-4-7(9)5-3-6-8/h7,9H,2-5H2,1H3. The van der Waals surface area contributed by atoms with E-state index in [1.165, 1.54) is 0 Å². The van der Waals surface area contributed by atoms with Gasteiger partial charge in [0.25, 0.3) is 0 Å². The Morgan fingerprint density at radius 3 is 2.67 bits per heavy atom. The van der Waals surface area contributed by atoms with E-state index in [1.807, 2.05) is 13.0 Å². The summed E-state index contributed by atoms with van der Waals surface area (Å²) in [5.41, 5.74) is 0. The van der Waals surface area contributed by atoms with Gasteiger partial charge in [-0.2, -0.15) is 5.26 Å². The van der Waals surface area contributed by atoms with Crippen molar-refractivity contribution in [2.75, 3.05) is 0 Å². The molecule has 0 heterocycles. The van der Waals surface area contributed by atoms with Crippen LogP contribution in [0.5, 0.6) is 0 Å². The summed E-state index contributed by atoms with van der Waals surface area (Å²) in [7, 11) is 0. The highest BCUT2D eigenvalue weighted by atomic mass is 16.3. The van der Waals surface area contributed by atoms with Crippen molar-refractivity contribution in [1.82, 2.24) is 0 Å². The van der Waals surface area contributed by atoms with Gasteiger partial charge in [0, 0.05) is 6.42 Å². The van der Waals surface area contributed by atoms with Gasteiger partial charge in [-0.05, 0) is 12.8 Å². The first-order chi connectivity index (χ1) is 4.31. The maximum atomic E-state index is 9.03. The van der Waals surface area contributed by atoms with Gasteiger partial charge in [0.15, 0.2) is 0 Å². The highest BCUT2D eigenvalue weighted by molar-refractivity contribution is 4.71. The Labute approximate surface area is 56.1 Å². The number of nitriles is 1. The van der Waals surface area contributed by atoms with Crippen LogP contribution >= 0.6 is 0 Å². The molecular weight excluding hydrogens is 114 g/mol. The van der Waals surface area contributed by atoms with Gasteiger partial charge >= 0.3 is 0 Å². The third-order valence-corrected chi connectivity index (χ3v) is 1.21. The van der Waals surface area contributed by atoms with Gasteiger partial charge in [0.05, 0.1) is 12.2 Å². The van der Waals surface area contributed by atoms with Gasteiger partial charge in [-0.1, -0.05) is 13.3 Å². The molecule has 52 valence electrons. The second-order valence-corrected chi connectivity index (χ2v) is 2.14. The van der Waals surface area contributed by atoms with Gasteiger partial charge in [0.2, 0.25) is 0 Å². The molecule has 2 nitrogen and oxygen atoms in total. The smallest absolute Gasteiger partial charge is 0.0622 e. The van der Waals surface area contributed by atoms with Crippen LogP contribution < -0.4 is 0 Å². The van der Waals surface area contributed by atoms with E-state index in [4.69, 9.17) is 10.4 Å². The third kappa shape index (κ3) is 5.32. The van der Waals surface area contributed by atoms with Crippen molar-refractivity contribution in [3.05, 3.63) is 0 Å². The molecule has 0 aromatic heterocycles. The molecule has 0 amide bonds. The van der Waals surface area contributed by atoms with Gasteiger partial charge in [-0.15, -0.1) is 0 Å². The van der Waals surface area contributed by atoms with E-state index in [-0.39, 0.29) is 6.10 Å². The predicted molar refractivity (Wildman–Crippen MR) is 35.8 cm³/mol. The van der Waals surface area contributed by atoms with Gasteiger partial charge < -0.3 is 5.11 Å². The number of hydrogen-bond donors (Lipinski definition) is 1. The summed E-state index contributed by atoms with van der Waals surface area (Å²) < 4.78 is 0. The fraction of sp³-hybridized carbons (Fsp3) is 0.857. The lowest BCUT2D eigenvalue weighted by molar-refractivity contribution is 0.155. The second-order valence-electron chi connectivity index (χ2n) is 2.14. The lowest BCUT2D eigenvalue weighted by Gasteiger charge is -2.03. The van der Waals surface area contributed by atoms with Crippen molar-refractivity contribution in [2.24, 2.45) is 0 Å². The van der Waals surface area contributed by atoms with Crippen molar-refractivity contribution >= 4 is 0 Å². The van der Waals surface area contributed by atoms with E-state index in [2.05, 4.69) is 0 Å². The molecule has 0 bridgehead atoms. The predicted octanol–water partition coefficient (Wildman–Crippen LogP) is 1.45. The van der Waals surface area contributed by atoms with Crippen molar-refractivity contribution < 1.29 is 5.11 Å². The van der Waals surface area contributed by atoms with Crippen molar-refractivity contribution in [3.63, 3.8) is 0 Å². The average molecular weight is 127 g/mol. The molecule has 0 aliphatic rings. The zero-order chi connectivity index (χ0) is 7.11. The van der Waals surface area contributed by atoms with E-state index in [0.717, 1.165) is 12.8 Å². The van der Waals surface area contributed by atoms with Crippen molar-refractivity contribution in [3.8, 4) is 6.07 Å². The molecule has 1 unspecified atom stereocenters. The molecular formula is C7H13NO.